The fourth-order valence-corrected chi connectivity index (χ4v) is 1.97. The van der Waals surface area contributed by atoms with E-state index in [1.54, 1.807) is 0 Å². The first kappa shape index (κ1) is 19.5. The number of benzene rings is 1. The highest BCUT2D eigenvalue weighted by Gasteiger charge is 2.15. The summed E-state index contributed by atoms with van der Waals surface area (Å²) in [4.78, 5) is 36.5. The Hall–Kier alpha value is -3.83. The van der Waals surface area contributed by atoms with Crippen LogP contribution in [0.2, 0.25) is 0 Å². The highest BCUT2D eigenvalue weighted by atomic mass is 16.5. The van der Waals surface area contributed by atoms with Gasteiger partial charge in [-0.3, -0.25) is 14.6 Å². The summed E-state index contributed by atoms with van der Waals surface area (Å²) in [5.74, 6) is -0.565. The lowest BCUT2D eigenvalue weighted by Gasteiger charge is -2.11. The molecule has 0 aliphatic rings. The second-order valence-electron chi connectivity index (χ2n) is 5.23. The molecule has 1 aromatic carbocycles. The zero-order chi connectivity index (χ0) is 20.0. The molecule has 144 valence electrons. The molecular weight excluding hydrogens is 360 g/mol. The number of nitrogens with one attached hydrogen (secondary N) is 4. The zero-order valence-electron chi connectivity index (χ0n) is 14.7. The Balaban J connectivity index is 2.04. The number of amides is 1. The Morgan fingerprint density at radius 3 is 2.48 bits per heavy atom. The largest absolute Gasteiger partial charge is 0.502 e. The molecule has 27 heavy (non-hydrogen) atoms. The maximum absolute atomic E-state index is 12.0. The van der Waals surface area contributed by atoms with Gasteiger partial charge in [-0.2, -0.15) is 5.10 Å². The summed E-state index contributed by atoms with van der Waals surface area (Å²) in [6.45, 7) is 1.48. The predicted molar refractivity (Wildman–Crippen MR) is 95.5 cm³/mol. The Labute approximate surface area is 152 Å². The molecule has 0 saturated carbocycles. The molecule has 1 heterocycles. The summed E-state index contributed by atoms with van der Waals surface area (Å²) >= 11 is 0. The van der Waals surface area contributed by atoms with E-state index in [4.69, 9.17) is 9.47 Å². The van der Waals surface area contributed by atoms with Crippen molar-refractivity contribution in [2.24, 2.45) is 5.10 Å². The lowest BCUT2D eigenvalue weighted by Crippen LogP contribution is -2.38. The smallest absolute Gasteiger partial charge is 0.342 e. The van der Waals surface area contributed by atoms with Crippen LogP contribution in [0.1, 0.15) is 12.5 Å². The van der Waals surface area contributed by atoms with Crippen LogP contribution in [0.3, 0.4) is 0 Å². The van der Waals surface area contributed by atoms with Gasteiger partial charge in [-0.25, -0.2) is 15.3 Å². The van der Waals surface area contributed by atoms with E-state index in [1.807, 2.05) is 10.1 Å². The maximum Gasteiger partial charge on any atom is 0.342 e. The average molecular weight is 378 g/mol. The van der Waals surface area contributed by atoms with Gasteiger partial charge in [-0.15, -0.1) is 5.10 Å². The summed E-state index contributed by atoms with van der Waals surface area (Å²) in [5, 5.41) is 21.8. The Bertz CT molecular complexity index is 941. The summed E-state index contributed by atoms with van der Waals surface area (Å²) in [6, 6.07) is 2.13. The number of hydrogen-bond donors (Lipinski definition) is 5. The van der Waals surface area contributed by atoms with Crippen molar-refractivity contribution in [1.29, 1.82) is 0 Å². The number of carbonyl (C=O) groups is 1. The van der Waals surface area contributed by atoms with Crippen LogP contribution in [0.4, 0.5) is 5.82 Å². The van der Waals surface area contributed by atoms with E-state index < -0.39 is 23.2 Å². The summed E-state index contributed by atoms with van der Waals surface area (Å²) in [6.07, 6.45) is 1.32. The topological polar surface area (TPSA) is 171 Å². The van der Waals surface area contributed by atoms with Crippen LogP contribution in [0, 0.1) is 0 Å². The predicted octanol–water partition coefficient (Wildman–Crippen LogP) is -0.868. The number of ether oxygens (including phenoxy) is 2. The number of hydrogen-bond acceptors (Lipinski definition) is 9. The molecule has 0 radical (unpaired) electrons. The monoisotopic (exact) mass is 378 g/mol. The van der Waals surface area contributed by atoms with Crippen LogP contribution in [-0.4, -0.2) is 52.7 Å². The minimum atomic E-state index is -0.870. The number of H-pyrrole nitrogens is 2. The van der Waals surface area contributed by atoms with Gasteiger partial charge in [0.05, 0.1) is 20.4 Å². The number of phenols is 1. The van der Waals surface area contributed by atoms with Crippen molar-refractivity contribution in [3.8, 4) is 17.2 Å². The number of carbonyl (C=O) groups excluding carboxylic acids is 1. The third kappa shape index (κ3) is 4.84. The number of anilines is 1. The van der Waals surface area contributed by atoms with E-state index in [2.05, 4.69) is 20.9 Å². The minimum Gasteiger partial charge on any atom is -0.502 e. The number of phenolic OH excluding ortho intramolecular Hbond substituents is 1. The van der Waals surface area contributed by atoms with Gasteiger partial charge in [-0.1, -0.05) is 0 Å². The van der Waals surface area contributed by atoms with Crippen molar-refractivity contribution in [1.82, 2.24) is 20.6 Å². The van der Waals surface area contributed by atoms with E-state index in [0.29, 0.717) is 5.56 Å². The zero-order valence-corrected chi connectivity index (χ0v) is 14.7. The highest BCUT2D eigenvalue weighted by Crippen LogP contribution is 2.36. The molecule has 1 atom stereocenters. The van der Waals surface area contributed by atoms with Crippen LogP contribution in [0.5, 0.6) is 17.2 Å². The Kier molecular flexibility index (Phi) is 6.14. The number of hydrazone groups is 1. The lowest BCUT2D eigenvalue weighted by atomic mass is 10.2. The molecule has 0 aliphatic carbocycles. The fraction of sp³-hybridized carbons (Fsp3) is 0.267. The maximum atomic E-state index is 12.0. The van der Waals surface area contributed by atoms with Crippen molar-refractivity contribution in [3.05, 3.63) is 38.5 Å². The van der Waals surface area contributed by atoms with Gasteiger partial charge in [-0.05, 0) is 19.1 Å². The number of methoxy groups -OCH3 is 2. The van der Waals surface area contributed by atoms with Crippen molar-refractivity contribution in [2.75, 3.05) is 19.5 Å². The number of aromatic amines is 2. The molecule has 1 amide bonds. The van der Waals surface area contributed by atoms with Crippen molar-refractivity contribution in [2.45, 2.75) is 13.0 Å². The first-order valence-electron chi connectivity index (χ1n) is 7.59. The molecule has 0 bridgehead atoms. The van der Waals surface area contributed by atoms with Crippen LogP contribution < -0.4 is 31.5 Å². The van der Waals surface area contributed by atoms with Crippen molar-refractivity contribution < 1.29 is 19.4 Å². The van der Waals surface area contributed by atoms with Gasteiger partial charge in [0.2, 0.25) is 11.6 Å². The van der Waals surface area contributed by atoms with Crippen LogP contribution in [0.15, 0.2) is 26.8 Å². The Morgan fingerprint density at radius 1 is 1.30 bits per heavy atom. The number of aromatic hydroxyl groups is 1. The van der Waals surface area contributed by atoms with Gasteiger partial charge in [0.25, 0.3) is 11.5 Å². The van der Waals surface area contributed by atoms with Gasteiger partial charge in [0.15, 0.2) is 11.5 Å². The lowest BCUT2D eigenvalue weighted by molar-refractivity contribution is -0.121. The van der Waals surface area contributed by atoms with Gasteiger partial charge in [0, 0.05) is 5.56 Å². The highest BCUT2D eigenvalue weighted by molar-refractivity contribution is 5.87. The number of rotatable bonds is 7. The van der Waals surface area contributed by atoms with Gasteiger partial charge in [0.1, 0.15) is 6.04 Å². The number of aromatic nitrogens is 3. The first-order valence-corrected chi connectivity index (χ1v) is 7.59. The summed E-state index contributed by atoms with van der Waals surface area (Å²) in [7, 11) is 2.77. The van der Waals surface area contributed by atoms with Gasteiger partial charge < -0.3 is 19.9 Å². The molecule has 0 fully saturated rings. The molecule has 0 unspecified atom stereocenters. The van der Waals surface area contributed by atoms with E-state index in [1.165, 1.54) is 39.5 Å². The molecule has 12 nitrogen and oxygen atoms in total. The van der Waals surface area contributed by atoms with E-state index >= 15 is 0 Å². The summed E-state index contributed by atoms with van der Waals surface area (Å²) < 4.78 is 10.1. The van der Waals surface area contributed by atoms with Gasteiger partial charge >= 0.3 is 5.69 Å². The molecule has 5 N–H and O–H groups in total. The molecule has 0 spiro atoms. The summed E-state index contributed by atoms with van der Waals surface area (Å²) in [5.41, 5.74) is 1.27. The molecule has 2 aromatic rings. The first-order chi connectivity index (χ1) is 12.8. The van der Waals surface area contributed by atoms with E-state index in [-0.39, 0.29) is 23.1 Å². The number of nitrogens with zero attached hydrogens (tertiary/aromatic N) is 2. The van der Waals surface area contributed by atoms with E-state index in [0.717, 1.165) is 0 Å². The van der Waals surface area contributed by atoms with Crippen LogP contribution in [0.25, 0.3) is 0 Å². The normalized spacial score (nSPS) is 11.8. The van der Waals surface area contributed by atoms with Crippen LogP contribution in [-0.2, 0) is 4.79 Å². The standard InChI is InChI=1S/C15H18N6O6/c1-7(17-12-14(24)18-15(25)21-19-12)13(23)20-16-6-8-4-9(26-2)11(22)10(5-8)27-3/h4-7,22H,1-3H3,(H,17,19)(H,20,23)(H2,18,21,24,25)/b16-6-/t7-/m0/s1. The Morgan fingerprint density at radius 2 is 1.93 bits per heavy atom. The second kappa shape index (κ2) is 8.51. The molecule has 1 aromatic heterocycles. The van der Waals surface area contributed by atoms with Crippen molar-refractivity contribution >= 4 is 17.9 Å². The fourth-order valence-electron chi connectivity index (χ4n) is 1.97. The van der Waals surface area contributed by atoms with Crippen LogP contribution >= 0.6 is 0 Å². The quantitative estimate of drug-likeness (QED) is 0.306. The molecule has 2 rings (SSSR count). The third-order valence-electron chi connectivity index (χ3n) is 3.35. The molecule has 12 heteroatoms. The van der Waals surface area contributed by atoms with Crippen molar-refractivity contribution in [3.63, 3.8) is 0 Å². The molecule has 0 saturated heterocycles. The third-order valence-corrected chi connectivity index (χ3v) is 3.35. The molecular formula is C15H18N6O6. The SMILES string of the molecule is COc1cc(/C=N\NC(=O)[C@H](C)Nc2n[nH]c(=O)[nH]c2=O)cc(OC)c1O. The van der Waals surface area contributed by atoms with E-state index in [9.17, 15) is 19.5 Å². The molecule has 0 aliphatic heterocycles. The second-order valence-corrected chi connectivity index (χ2v) is 5.23. The average Bonchev–Trinajstić information content (AvgIpc) is 2.64. The minimum absolute atomic E-state index is 0.155.